The molecule has 0 fully saturated rings. The van der Waals surface area contributed by atoms with Gasteiger partial charge < -0.3 is 11.5 Å². The van der Waals surface area contributed by atoms with E-state index in [4.69, 9.17) is 11.5 Å². The molecule has 1 rings (SSSR count). The predicted molar refractivity (Wildman–Crippen MR) is 57.3 cm³/mol. The Morgan fingerprint density at radius 3 is 2.38 bits per heavy atom. The SMILES string of the molecule is CCC1(N)C=CC(C)C(N)(CC)C1. The molecule has 3 unspecified atom stereocenters. The van der Waals surface area contributed by atoms with Gasteiger partial charge in [0.15, 0.2) is 0 Å². The first kappa shape index (κ1) is 10.7. The van der Waals surface area contributed by atoms with Gasteiger partial charge in [0, 0.05) is 11.1 Å². The van der Waals surface area contributed by atoms with Crippen LogP contribution in [-0.2, 0) is 0 Å². The minimum absolute atomic E-state index is 0.0977. The van der Waals surface area contributed by atoms with Crippen LogP contribution in [0, 0.1) is 5.92 Å². The molecular formula is C11H22N2. The summed E-state index contributed by atoms with van der Waals surface area (Å²) >= 11 is 0. The van der Waals surface area contributed by atoms with Gasteiger partial charge >= 0.3 is 0 Å². The van der Waals surface area contributed by atoms with Crippen LogP contribution in [0.15, 0.2) is 12.2 Å². The van der Waals surface area contributed by atoms with Crippen LogP contribution in [0.2, 0.25) is 0 Å². The predicted octanol–water partition coefficient (Wildman–Crippen LogP) is 1.80. The molecule has 2 heteroatoms. The zero-order valence-corrected chi connectivity index (χ0v) is 9.01. The maximum Gasteiger partial charge on any atom is 0.0354 e. The first-order valence-electron chi connectivity index (χ1n) is 5.23. The Morgan fingerprint density at radius 2 is 1.92 bits per heavy atom. The van der Waals surface area contributed by atoms with Crippen LogP contribution in [0.25, 0.3) is 0 Å². The third kappa shape index (κ3) is 1.94. The van der Waals surface area contributed by atoms with Gasteiger partial charge in [-0.25, -0.2) is 0 Å². The highest BCUT2D eigenvalue weighted by Gasteiger charge is 2.39. The summed E-state index contributed by atoms with van der Waals surface area (Å²) in [5, 5.41) is 0. The topological polar surface area (TPSA) is 52.0 Å². The van der Waals surface area contributed by atoms with Crippen LogP contribution in [0.5, 0.6) is 0 Å². The summed E-state index contributed by atoms with van der Waals surface area (Å²) in [6.07, 6.45) is 7.19. The third-order valence-electron chi connectivity index (χ3n) is 3.60. The molecule has 3 atom stereocenters. The van der Waals surface area contributed by atoms with Crippen LogP contribution >= 0.6 is 0 Å². The van der Waals surface area contributed by atoms with Gasteiger partial charge in [-0.1, -0.05) is 32.9 Å². The maximum atomic E-state index is 6.32. The number of nitrogens with two attached hydrogens (primary N) is 2. The summed E-state index contributed by atoms with van der Waals surface area (Å²) in [4.78, 5) is 0. The second-order valence-electron chi connectivity index (χ2n) is 4.50. The number of hydrogen-bond donors (Lipinski definition) is 2. The van der Waals surface area contributed by atoms with Crippen molar-refractivity contribution in [1.29, 1.82) is 0 Å². The Labute approximate surface area is 81.4 Å². The van der Waals surface area contributed by atoms with Gasteiger partial charge in [-0.3, -0.25) is 0 Å². The molecule has 1 aliphatic rings. The molecule has 0 aliphatic heterocycles. The van der Waals surface area contributed by atoms with E-state index >= 15 is 0 Å². The molecule has 0 aromatic rings. The lowest BCUT2D eigenvalue weighted by atomic mass is 9.69. The highest BCUT2D eigenvalue weighted by atomic mass is 14.8. The molecular weight excluding hydrogens is 160 g/mol. The molecule has 0 bridgehead atoms. The van der Waals surface area contributed by atoms with Gasteiger partial charge in [0.2, 0.25) is 0 Å². The molecule has 0 amide bonds. The minimum Gasteiger partial charge on any atom is -0.325 e. The largest absolute Gasteiger partial charge is 0.325 e. The van der Waals surface area contributed by atoms with Gasteiger partial charge in [-0.05, 0) is 25.2 Å². The molecule has 0 saturated heterocycles. The van der Waals surface area contributed by atoms with Crippen molar-refractivity contribution < 1.29 is 0 Å². The average molecular weight is 182 g/mol. The summed E-state index contributed by atoms with van der Waals surface area (Å²) < 4.78 is 0. The van der Waals surface area contributed by atoms with Gasteiger partial charge in [0.1, 0.15) is 0 Å². The van der Waals surface area contributed by atoms with E-state index in [1.165, 1.54) is 0 Å². The molecule has 13 heavy (non-hydrogen) atoms. The van der Waals surface area contributed by atoms with E-state index in [9.17, 15) is 0 Å². The van der Waals surface area contributed by atoms with E-state index in [1.54, 1.807) is 0 Å². The smallest absolute Gasteiger partial charge is 0.0354 e. The summed E-state index contributed by atoms with van der Waals surface area (Å²) in [6, 6.07) is 0. The molecule has 0 spiro atoms. The monoisotopic (exact) mass is 182 g/mol. The Bertz CT molecular complexity index is 212. The van der Waals surface area contributed by atoms with Crippen molar-refractivity contribution in [2.45, 2.75) is 51.1 Å². The molecule has 76 valence electrons. The van der Waals surface area contributed by atoms with E-state index in [-0.39, 0.29) is 11.1 Å². The van der Waals surface area contributed by atoms with E-state index in [0.717, 1.165) is 19.3 Å². The normalized spacial score (nSPS) is 45.2. The number of rotatable bonds is 2. The summed E-state index contributed by atoms with van der Waals surface area (Å²) in [5.41, 5.74) is 12.3. The Balaban J connectivity index is 2.88. The highest BCUT2D eigenvalue weighted by Crippen LogP contribution is 2.35. The zero-order chi connectivity index (χ0) is 10.1. The summed E-state index contributed by atoms with van der Waals surface area (Å²) in [5.74, 6) is 0.445. The Morgan fingerprint density at radius 1 is 1.31 bits per heavy atom. The minimum atomic E-state index is -0.169. The Hall–Kier alpha value is -0.340. The lowest BCUT2D eigenvalue weighted by molar-refractivity contribution is 0.229. The van der Waals surface area contributed by atoms with Crippen molar-refractivity contribution in [1.82, 2.24) is 0 Å². The summed E-state index contributed by atoms with van der Waals surface area (Å²) in [7, 11) is 0. The van der Waals surface area contributed by atoms with E-state index in [0.29, 0.717) is 5.92 Å². The van der Waals surface area contributed by atoms with Crippen molar-refractivity contribution >= 4 is 0 Å². The van der Waals surface area contributed by atoms with Crippen LogP contribution in [0.3, 0.4) is 0 Å². The number of hydrogen-bond acceptors (Lipinski definition) is 2. The molecule has 0 aromatic heterocycles. The lowest BCUT2D eigenvalue weighted by Gasteiger charge is -2.43. The van der Waals surface area contributed by atoms with E-state index in [1.807, 2.05) is 0 Å². The van der Waals surface area contributed by atoms with Crippen molar-refractivity contribution in [3.05, 3.63) is 12.2 Å². The Kier molecular flexibility index (Phi) is 2.83. The second kappa shape index (κ2) is 3.43. The fourth-order valence-corrected chi connectivity index (χ4v) is 2.05. The van der Waals surface area contributed by atoms with E-state index in [2.05, 4.69) is 32.9 Å². The van der Waals surface area contributed by atoms with Crippen LogP contribution in [0.4, 0.5) is 0 Å². The van der Waals surface area contributed by atoms with Crippen molar-refractivity contribution in [3.8, 4) is 0 Å². The standard InChI is InChI=1S/C11H22N2/c1-4-10(12)7-6-9(3)11(13,5-2)8-10/h6-7,9H,4-5,8,12-13H2,1-3H3. The fourth-order valence-electron chi connectivity index (χ4n) is 2.05. The van der Waals surface area contributed by atoms with Crippen molar-refractivity contribution in [2.24, 2.45) is 17.4 Å². The zero-order valence-electron chi connectivity index (χ0n) is 9.01. The lowest BCUT2D eigenvalue weighted by Crippen LogP contribution is -2.56. The van der Waals surface area contributed by atoms with Crippen LogP contribution in [-0.4, -0.2) is 11.1 Å². The molecule has 0 heterocycles. The van der Waals surface area contributed by atoms with Gasteiger partial charge in [0.05, 0.1) is 0 Å². The highest BCUT2D eigenvalue weighted by molar-refractivity contribution is 5.18. The van der Waals surface area contributed by atoms with Crippen molar-refractivity contribution in [3.63, 3.8) is 0 Å². The first-order valence-corrected chi connectivity index (χ1v) is 5.23. The second-order valence-corrected chi connectivity index (χ2v) is 4.50. The molecule has 0 aromatic carbocycles. The quantitative estimate of drug-likeness (QED) is 0.640. The molecule has 0 saturated carbocycles. The van der Waals surface area contributed by atoms with Crippen molar-refractivity contribution in [2.75, 3.05) is 0 Å². The maximum absolute atomic E-state index is 6.32. The molecule has 0 radical (unpaired) electrons. The first-order chi connectivity index (χ1) is 5.96. The van der Waals surface area contributed by atoms with Gasteiger partial charge in [0.25, 0.3) is 0 Å². The molecule has 2 nitrogen and oxygen atoms in total. The van der Waals surface area contributed by atoms with Gasteiger partial charge in [-0.2, -0.15) is 0 Å². The molecule has 1 aliphatic carbocycles. The fraction of sp³-hybridized carbons (Fsp3) is 0.818. The molecule has 4 N–H and O–H groups in total. The third-order valence-corrected chi connectivity index (χ3v) is 3.60. The van der Waals surface area contributed by atoms with E-state index < -0.39 is 0 Å². The summed E-state index contributed by atoms with van der Waals surface area (Å²) in [6.45, 7) is 6.44. The van der Waals surface area contributed by atoms with Crippen LogP contribution < -0.4 is 11.5 Å². The average Bonchev–Trinajstić information content (AvgIpc) is 2.12. The van der Waals surface area contributed by atoms with Crippen LogP contribution in [0.1, 0.15) is 40.0 Å². The van der Waals surface area contributed by atoms with Gasteiger partial charge in [-0.15, -0.1) is 0 Å².